The fourth-order valence-corrected chi connectivity index (χ4v) is 6.67. The summed E-state index contributed by atoms with van der Waals surface area (Å²) in [5, 5.41) is 5.86. The van der Waals surface area contributed by atoms with Crippen LogP contribution in [-0.4, -0.2) is 9.13 Å². The summed E-state index contributed by atoms with van der Waals surface area (Å²) in [5.74, 6) is 0. The van der Waals surface area contributed by atoms with Gasteiger partial charge in [0.05, 0.1) is 22.1 Å². The van der Waals surface area contributed by atoms with Crippen LogP contribution in [0, 0.1) is 0 Å². The normalized spacial score (nSPS) is 11.9. The van der Waals surface area contributed by atoms with Crippen LogP contribution >= 0.6 is 0 Å². The quantitative estimate of drug-likeness (QED) is 0.215. The maximum atomic E-state index is 14.8. The van der Waals surface area contributed by atoms with E-state index in [1.807, 2.05) is 97.1 Å². The molecule has 9 aromatic rings. The molecule has 0 atom stereocenters. The molecule has 0 fully saturated rings. The van der Waals surface area contributed by atoms with Crippen LogP contribution in [0.15, 0.2) is 147 Å². The zero-order valence-electron chi connectivity index (χ0n) is 22.8. The molecule has 0 amide bonds. The first-order valence-electron chi connectivity index (χ1n) is 14.2. The fraction of sp³-hybridized carbons (Fsp3) is 0. The smallest absolute Gasteiger partial charge is 0.266 e. The predicted molar refractivity (Wildman–Crippen MR) is 175 cm³/mol. The molecule has 0 spiro atoms. The largest absolute Gasteiger partial charge is 0.456 e. The first kappa shape index (κ1) is 23.7. The number of nitrogens with zero attached hydrogens (tertiary/aromatic N) is 2. The molecule has 0 radical (unpaired) electrons. The fourth-order valence-electron chi connectivity index (χ4n) is 6.67. The minimum atomic E-state index is -0.366. The molecule has 0 saturated heterocycles. The van der Waals surface area contributed by atoms with E-state index in [1.54, 1.807) is 12.1 Å². The molecule has 0 unspecified atom stereocenters. The van der Waals surface area contributed by atoms with E-state index in [0.717, 1.165) is 43.8 Å². The van der Waals surface area contributed by atoms with Gasteiger partial charge in [0.2, 0.25) is 0 Å². The summed E-state index contributed by atoms with van der Waals surface area (Å²) in [6.45, 7) is 0. The highest BCUT2D eigenvalue weighted by Gasteiger charge is 2.21. The van der Waals surface area contributed by atoms with Crippen LogP contribution in [0.4, 0.5) is 0 Å². The summed E-state index contributed by atoms with van der Waals surface area (Å²) in [6, 6.07) is 43.1. The van der Waals surface area contributed by atoms with Gasteiger partial charge in [-0.05, 0) is 65.4 Å². The van der Waals surface area contributed by atoms with E-state index in [1.165, 1.54) is 4.57 Å². The number of fused-ring (bicyclic) bond motifs is 10. The third-order valence-electron chi connectivity index (χ3n) is 8.52. The van der Waals surface area contributed by atoms with Gasteiger partial charge in [-0.15, -0.1) is 0 Å². The number of aromatic nitrogens is 2. The van der Waals surface area contributed by atoms with Crippen LogP contribution in [0.1, 0.15) is 0 Å². The molecule has 202 valence electrons. The van der Waals surface area contributed by atoms with Crippen LogP contribution in [0.25, 0.3) is 76.7 Å². The van der Waals surface area contributed by atoms with Gasteiger partial charge in [0.1, 0.15) is 11.2 Å². The third-order valence-corrected chi connectivity index (χ3v) is 8.52. The molecule has 0 aliphatic heterocycles. The molecule has 0 aliphatic rings. The monoisotopic (exact) mass is 554 g/mol. The van der Waals surface area contributed by atoms with Gasteiger partial charge in [0.25, 0.3) is 11.1 Å². The Morgan fingerprint density at radius 1 is 0.395 bits per heavy atom. The molecule has 5 nitrogen and oxygen atoms in total. The number of hydrogen-bond donors (Lipinski definition) is 0. The Hall–Kier alpha value is -5.94. The average Bonchev–Trinajstić information content (AvgIpc) is 3.57. The summed E-state index contributed by atoms with van der Waals surface area (Å²) >= 11 is 0. The van der Waals surface area contributed by atoms with Crippen molar-refractivity contribution >= 4 is 65.3 Å². The molecule has 3 heterocycles. The van der Waals surface area contributed by atoms with E-state index < -0.39 is 0 Å². The molecule has 0 N–H and O–H groups in total. The summed E-state index contributed by atoms with van der Waals surface area (Å²) in [4.78, 5) is 29.3. The Bertz CT molecular complexity index is 2700. The Labute approximate surface area is 244 Å². The van der Waals surface area contributed by atoms with Crippen molar-refractivity contribution in [3.8, 4) is 11.4 Å². The molecule has 3 aromatic heterocycles. The standard InChI is InChI=1S/C38H22N2O3/c41-37-30-21-29-25-15-8-10-18-33(25)43-34(29)22-28(30)26-19-20-32-35(36(26)38(42)40(37)24-13-5-2-6-14-24)27-16-7-9-17-31(27)39(32)23-11-3-1-4-12-23/h1-22H. The van der Waals surface area contributed by atoms with Crippen molar-refractivity contribution in [2.24, 2.45) is 0 Å². The molecule has 43 heavy (non-hydrogen) atoms. The molecular weight excluding hydrogens is 532 g/mol. The minimum Gasteiger partial charge on any atom is -0.456 e. The second-order valence-corrected chi connectivity index (χ2v) is 10.8. The van der Waals surface area contributed by atoms with Gasteiger partial charge in [-0.2, -0.15) is 0 Å². The predicted octanol–water partition coefficient (Wildman–Crippen LogP) is 8.50. The van der Waals surface area contributed by atoms with Gasteiger partial charge in [-0.1, -0.05) is 78.9 Å². The SMILES string of the molecule is O=c1c2cc3c(cc2c2ccc4c(c5ccccc5n4-c4ccccc4)c2c(=O)n1-c1ccccc1)oc1ccccc13. The first-order chi connectivity index (χ1) is 21.2. The number of furan rings is 1. The zero-order chi connectivity index (χ0) is 28.7. The molecule has 5 heteroatoms. The summed E-state index contributed by atoms with van der Waals surface area (Å²) in [6.07, 6.45) is 0. The van der Waals surface area contributed by atoms with E-state index in [9.17, 15) is 9.59 Å². The van der Waals surface area contributed by atoms with Gasteiger partial charge in [0.15, 0.2) is 0 Å². The summed E-state index contributed by atoms with van der Waals surface area (Å²) in [7, 11) is 0. The van der Waals surface area contributed by atoms with Crippen LogP contribution in [-0.2, 0) is 0 Å². The Balaban J connectivity index is 1.59. The van der Waals surface area contributed by atoms with E-state index >= 15 is 0 Å². The van der Waals surface area contributed by atoms with Crippen molar-refractivity contribution in [3.63, 3.8) is 0 Å². The van der Waals surface area contributed by atoms with Crippen molar-refractivity contribution in [2.75, 3.05) is 0 Å². The molecule has 0 saturated carbocycles. The number of para-hydroxylation sites is 4. The second-order valence-electron chi connectivity index (χ2n) is 10.8. The van der Waals surface area contributed by atoms with Crippen LogP contribution in [0.3, 0.4) is 0 Å². The molecule has 9 rings (SSSR count). The molecule has 0 bridgehead atoms. The van der Waals surface area contributed by atoms with E-state index in [2.05, 4.69) is 28.8 Å². The van der Waals surface area contributed by atoms with Gasteiger partial charge < -0.3 is 8.98 Å². The molecule has 6 aromatic carbocycles. The van der Waals surface area contributed by atoms with E-state index in [4.69, 9.17) is 4.42 Å². The lowest BCUT2D eigenvalue weighted by Gasteiger charge is -2.07. The van der Waals surface area contributed by atoms with Gasteiger partial charge >= 0.3 is 0 Å². The van der Waals surface area contributed by atoms with Crippen molar-refractivity contribution in [3.05, 3.63) is 154 Å². The summed E-state index contributed by atoms with van der Waals surface area (Å²) < 4.78 is 9.76. The maximum Gasteiger partial charge on any atom is 0.266 e. The van der Waals surface area contributed by atoms with Gasteiger partial charge in [-0.25, -0.2) is 4.57 Å². The second kappa shape index (κ2) is 8.78. The van der Waals surface area contributed by atoms with Crippen LogP contribution < -0.4 is 11.1 Å². The topological polar surface area (TPSA) is 57.1 Å². The lowest BCUT2D eigenvalue weighted by atomic mass is 10.0. The summed E-state index contributed by atoms with van der Waals surface area (Å²) in [5.41, 5.74) is 4.11. The lowest BCUT2D eigenvalue weighted by molar-refractivity contribution is 0.669. The molecular formula is C38H22N2O3. The maximum absolute atomic E-state index is 14.8. The number of rotatable bonds is 2. The Morgan fingerprint density at radius 3 is 1.81 bits per heavy atom. The zero-order valence-corrected chi connectivity index (χ0v) is 22.8. The Kier molecular flexibility index (Phi) is 4.85. The van der Waals surface area contributed by atoms with Gasteiger partial charge in [0, 0.05) is 32.6 Å². The van der Waals surface area contributed by atoms with E-state index in [0.29, 0.717) is 32.8 Å². The lowest BCUT2D eigenvalue weighted by Crippen LogP contribution is -2.28. The number of benzene rings is 6. The third kappa shape index (κ3) is 3.27. The first-order valence-corrected chi connectivity index (χ1v) is 14.2. The van der Waals surface area contributed by atoms with Crippen LogP contribution in [0.5, 0.6) is 0 Å². The molecule has 0 aliphatic carbocycles. The average molecular weight is 555 g/mol. The van der Waals surface area contributed by atoms with E-state index in [-0.39, 0.29) is 11.1 Å². The van der Waals surface area contributed by atoms with Crippen molar-refractivity contribution in [1.82, 2.24) is 9.13 Å². The van der Waals surface area contributed by atoms with Gasteiger partial charge in [-0.3, -0.25) is 9.59 Å². The van der Waals surface area contributed by atoms with Crippen molar-refractivity contribution in [1.29, 1.82) is 0 Å². The highest BCUT2D eigenvalue weighted by atomic mass is 16.3. The van der Waals surface area contributed by atoms with Crippen molar-refractivity contribution < 1.29 is 4.42 Å². The van der Waals surface area contributed by atoms with Crippen molar-refractivity contribution in [2.45, 2.75) is 0 Å². The number of hydrogen-bond acceptors (Lipinski definition) is 3. The van der Waals surface area contributed by atoms with Crippen LogP contribution in [0.2, 0.25) is 0 Å². The Morgan fingerprint density at radius 2 is 1.05 bits per heavy atom. The highest BCUT2D eigenvalue weighted by Crippen LogP contribution is 2.38. The highest BCUT2D eigenvalue weighted by molar-refractivity contribution is 6.25. The minimum absolute atomic E-state index is 0.356.